The molecule has 0 saturated carbocycles. The molecule has 3 rings (SSSR count). The van der Waals surface area contributed by atoms with Gasteiger partial charge in [-0.2, -0.15) is 5.10 Å². The van der Waals surface area contributed by atoms with E-state index in [1.165, 1.54) is 0 Å². The summed E-state index contributed by atoms with van der Waals surface area (Å²) < 4.78 is 2.74. The molecule has 21 heavy (non-hydrogen) atoms. The van der Waals surface area contributed by atoms with E-state index in [4.69, 9.17) is 5.73 Å². The number of fused-ring (bicyclic) bond motifs is 1. The van der Waals surface area contributed by atoms with Crippen molar-refractivity contribution in [2.24, 2.45) is 7.05 Å². The molecule has 3 N–H and O–H groups in total. The van der Waals surface area contributed by atoms with Crippen LogP contribution in [0.3, 0.4) is 0 Å². The van der Waals surface area contributed by atoms with Crippen LogP contribution in [0.1, 0.15) is 5.69 Å². The Kier molecular flexibility index (Phi) is 3.79. The zero-order chi connectivity index (χ0) is 14.8. The van der Waals surface area contributed by atoms with E-state index in [0.29, 0.717) is 0 Å². The molecule has 0 fully saturated rings. The molecule has 0 aliphatic heterocycles. The number of aromatic nitrogens is 3. The topological polar surface area (TPSA) is 68.8 Å². The van der Waals surface area contributed by atoms with Crippen LogP contribution in [0, 0.1) is 0 Å². The summed E-state index contributed by atoms with van der Waals surface area (Å²) in [6.07, 6.45) is 4.60. The minimum absolute atomic E-state index is 0.731. The number of aryl methyl sites for hydroxylation is 1. The molecule has 0 saturated heterocycles. The van der Waals surface area contributed by atoms with Crippen LogP contribution in [0.15, 0.2) is 41.1 Å². The summed E-state index contributed by atoms with van der Waals surface area (Å²) in [7, 11) is 1.92. The van der Waals surface area contributed by atoms with E-state index in [1.807, 2.05) is 42.2 Å². The molecule has 3 aromatic rings. The van der Waals surface area contributed by atoms with Gasteiger partial charge >= 0.3 is 0 Å². The first kappa shape index (κ1) is 13.9. The number of halogens is 1. The summed E-state index contributed by atoms with van der Waals surface area (Å²) in [5, 5.41) is 8.73. The van der Waals surface area contributed by atoms with Crippen molar-refractivity contribution in [2.75, 3.05) is 17.6 Å². The van der Waals surface area contributed by atoms with Crippen molar-refractivity contribution in [1.29, 1.82) is 0 Å². The molecule has 0 unspecified atom stereocenters. The van der Waals surface area contributed by atoms with Crippen molar-refractivity contribution in [2.45, 2.75) is 6.42 Å². The molecule has 0 atom stereocenters. The van der Waals surface area contributed by atoms with Crippen molar-refractivity contribution in [3.63, 3.8) is 0 Å². The summed E-state index contributed by atoms with van der Waals surface area (Å²) in [5.74, 6) is 0. The largest absolute Gasteiger partial charge is 0.398 e. The van der Waals surface area contributed by atoms with E-state index in [9.17, 15) is 0 Å². The lowest BCUT2D eigenvalue weighted by molar-refractivity contribution is 0.742. The molecule has 2 aromatic heterocycles. The van der Waals surface area contributed by atoms with Crippen LogP contribution in [0.25, 0.3) is 10.9 Å². The average molecular weight is 346 g/mol. The first-order chi connectivity index (χ1) is 10.1. The minimum atomic E-state index is 0.731. The maximum Gasteiger partial charge on any atom is 0.0954 e. The van der Waals surface area contributed by atoms with Gasteiger partial charge in [-0.3, -0.25) is 9.67 Å². The summed E-state index contributed by atoms with van der Waals surface area (Å²) in [5.41, 5.74) is 9.69. The van der Waals surface area contributed by atoms with Gasteiger partial charge in [-0.15, -0.1) is 0 Å². The molecule has 0 amide bonds. The number of hydrogen-bond donors (Lipinski definition) is 2. The van der Waals surface area contributed by atoms with Crippen molar-refractivity contribution in [3.8, 4) is 0 Å². The molecule has 0 aliphatic rings. The lowest BCUT2D eigenvalue weighted by Crippen LogP contribution is -2.07. The Labute approximate surface area is 131 Å². The van der Waals surface area contributed by atoms with Gasteiger partial charge in [0.25, 0.3) is 0 Å². The number of nitrogen functional groups attached to an aromatic ring is 1. The number of rotatable bonds is 4. The van der Waals surface area contributed by atoms with E-state index in [-0.39, 0.29) is 0 Å². The summed E-state index contributed by atoms with van der Waals surface area (Å²) in [6, 6.07) is 7.89. The van der Waals surface area contributed by atoms with Crippen molar-refractivity contribution in [1.82, 2.24) is 14.8 Å². The third kappa shape index (κ3) is 3.00. The number of nitrogens with zero attached hydrogens (tertiary/aromatic N) is 3. The Morgan fingerprint density at radius 3 is 2.95 bits per heavy atom. The fourth-order valence-corrected chi connectivity index (χ4v) is 2.61. The maximum atomic E-state index is 6.02. The molecule has 0 spiro atoms. The van der Waals surface area contributed by atoms with Crippen LogP contribution in [0.5, 0.6) is 0 Å². The number of pyridine rings is 1. The van der Waals surface area contributed by atoms with Gasteiger partial charge in [0.15, 0.2) is 0 Å². The Balaban J connectivity index is 1.79. The van der Waals surface area contributed by atoms with E-state index in [1.54, 1.807) is 6.20 Å². The van der Waals surface area contributed by atoms with Crippen LogP contribution in [0.4, 0.5) is 11.4 Å². The predicted octanol–water partition coefficient (Wildman–Crippen LogP) is 2.97. The van der Waals surface area contributed by atoms with Gasteiger partial charge in [0.1, 0.15) is 0 Å². The van der Waals surface area contributed by atoms with Crippen molar-refractivity contribution >= 4 is 38.2 Å². The number of hydrogen-bond acceptors (Lipinski definition) is 4. The second-order valence-electron chi connectivity index (χ2n) is 4.91. The summed E-state index contributed by atoms with van der Waals surface area (Å²) >= 11 is 3.43. The molecule has 1 aromatic carbocycles. The standard InChI is InChI=1S/C15H16BrN5/c1-21-7-5-11(20-21)4-6-18-14-3-2-13(17)12-8-10(16)9-19-15(12)14/h2-3,5,7-9,18H,4,6,17H2,1H3. The Morgan fingerprint density at radius 2 is 2.19 bits per heavy atom. The first-order valence-electron chi connectivity index (χ1n) is 6.69. The molecule has 0 aliphatic carbocycles. The Morgan fingerprint density at radius 1 is 1.33 bits per heavy atom. The second kappa shape index (κ2) is 5.73. The third-order valence-electron chi connectivity index (χ3n) is 3.32. The molecule has 6 heteroatoms. The molecule has 0 bridgehead atoms. The smallest absolute Gasteiger partial charge is 0.0954 e. The Hall–Kier alpha value is -2.08. The second-order valence-corrected chi connectivity index (χ2v) is 5.83. The highest BCUT2D eigenvalue weighted by Crippen LogP contribution is 2.28. The van der Waals surface area contributed by atoms with Crippen LogP contribution >= 0.6 is 15.9 Å². The minimum Gasteiger partial charge on any atom is -0.398 e. The van der Waals surface area contributed by atoms with Crippen LogP contribution < -0.4 is 11.1 Å². The average Bonchev–Trinajstić information content (AvgIpc) is 2.87. The summed E-state index contributed by atoms with van der Waals surface area (Å²) in [4.78, 5) is 4.46. The van der Waals surface area contributed by atoms with Gasteiger partial charge in [-0.1, -0.05) is 0 Å². The monoisotopic (exact) mass is 345 g/mol. The Bertz CT molecular complexity index is 781. The zero-order valence-corrected chi connectivity index (χ0v) is 13.3. The number of anilines is 2. The highest BCUT2D eigenvalue weighted by Gasteiger charge is 2.06. The van der Waals surface area contributed by atoms with E-state index < -0.39 is 0 Å². The van der Waals surface area contributed by atoms with Gasteiger partial charge in [0.2, 0.25) is 0 Å². The van der Waals surface area contributed by atoms with Gasteiger partial charge in [0, 0.05) is 48.0 Å². The quantitative estimate of drug-likeness (QED) is 0.713. The summed E-state index contributed by atoms with van der Waals surface area (Å²) in [6.45, 7) is 0.799. The van der Waals surface area contributed by atoms with Gasteiger partial charge in [-0.05, 0) is 40.2 Å². The van der Waals surface area contributed by atoms with Crippen molar-refractivity contribution in [3.05, 3.63) is 46.8 Å². The molecule has 0 radical (unpaired) electrons. The fraction of sp³-hybridized carbons (Fsp3) is 0.200. The maximum absolute atomic E-state index is 6.02. The highest BCUT2D eigenvalue weighted by molar-refractivity contribution is 9.10. The molecule has 5 nitrogen and oxygen atoms in total. The highest BCUT2D eigenvalue weighted by atomic mass is 79.9. The lowest BCUT2D eigenvalue weighted by Gasteiger charge is -2.10. The van der Waals surface area contributed by atoms with Gasteiger partial charge in [-0.25, -0.2) is 0 Å². The SMILES string of the molecule is Cn1ccc(CCNc2ccc(N)c3cc(Br)cnc23)n1. The van der Waals surface area contributed by atoms with E-state index >= 15 is 0 Å². The van der Waals surface area contributed by atoms with E-state index in [2.05, 4.69) is 31.3 Å². The third-order valence-corrected chi connectivity index (χ3v) is 3.75. The first-order valence-corrected chi connectivity index (χ1v) is 7.49. The van der Waals surface area contributed by atoms with Gasteiger partial charge < -0.3 is 11.1 Å². The normalized spacial score (nSPS) is 11.0. The van der Waals surface area contributed by atoms with Crippen LogP contribution in [-0.2, 0) is 13.5 Å². The number of nitrogens with one attached hydrogen (secondary N) is 1. The molecule has 2 heterocycles. The lowest BCUT2D eigenvalue weighted by atomic mass is 10.1. The molecule has 108 valence electrons. The van der Waals surface area contributed by atoms with Crippen molar-refractivity contribution < 1.29 is 0 Å². The molecular formula is C15H16BrN5. The number of benzene rings is 1. The predicted molar refractivity (Wildman–Crippen MR) is 89.3 cm³/mol. The zero-order valence-electron chi connectivity index (χ0n) is 11.7. The molecular weight excluding hydrogens is 330 g/mol. The fourth-order valence-electron chi connectivity index (χ4n) is 2.28. The van der Waals surface area contributed by atoms with E-state index in [0.717, 1.165) is 45.4 Å². The number of nitrogens with two attached hydrogens (primary N) is 1. The van der Waals surface area contributed by atoms with Gasteiger partial charge in [0.05, 0.1) is 16.9 Å². The van der Waals surface area contributed by atoms with Crippen LogP contribution in [-0.4, -0.2) is 21.3 Å². The van der Waals surface area contributed by atoms with Crippen LogP contribution in [0.2, 0.25) is 0 Å².